The van der Waals surface area contributed by atoms with Crippen molar-refractivity contribution in [3.8, 4) is 5.75 Å². The molecule has 2 aromatic carbocycles. The van der Waals surface area contributed by atoms with Crippen LogP contribution < -0.4 is 4.74 Å². The Balaban J connectivity index is 1.61. The average molecular weight is 488 g/mol. The van der Waals surface area contributed by atoms with Gasteiger partial charge in [-0.05, 0) is 66.3 Å². The molecule has 1 nitrogen and oxygen atoms in total. The maximum Gasteiger partial charge on any atom is 0.439 e. The van der Waals surface area contributed by atoms with Gasteiger partial charge in [-0.25, -0.2) is 8.78 Å². The van der Waals surface area contributed by atoms with Gasteiger partial charge in [-0.3, -0.25) is 0 Å². The number of hydrogen-bond donors (Lipinski definition) is 0. The van der Waals surface area contributed by atoms with Crippen LogP contribution in [0.5, 0.6) is 5.75 Å². The topological polar surface area (TPSA) is 9.23 Å². The van der Waals surface area contributed by atoms with Crippen molar-refractivity contribution in [3.63, 3.8) is 0 Å². The van der Waals surface area contributed by atoms with E-state index in [0.29, 0.717) is 5.92 Å². The van der Waals surface area contributed by atoms with Crippen LogP contribution in [0.25, 0.3) is 12.2 Å². The van der Waals surface area contributed by atoms with Gasteiger partial charge in [0.05, 0.1) is 0 Å². The van der Waals surface area contributed by atoms with Crippen LogP contribution >= 0.6 is 0 Å². The van der Waals surface area contributed by atoms with E-state index in [0.717, 1.165) is 23.6 Å². The predicted molar refractivity (Wildman–Crippen MR) is 118 cm³/mol. The molecule has 186 valence electrons. The standard InChI is InChI=1S/C26H27F7O/c1-2-3-17-6-11-20(12-7-17)21-13-8-18(9-14-21)4-5-19-10-15-23(22(27)16-19)34-26(32,33)24(28)25(29,30)31/h4-5,8-10,13-17,20,24H,2-3,6-7,11-12H2,1H3/b5-4+. The molecule has 3 rings (SSSR count). The highest BCUT2D eigenvalue weighted by atomic mass is 19.4. The van der Waals surface area contributed by atoms with Crippen LogP contribution in [0.2, 0.25) is 0 Å². The van der Waals surface area contributed by atoms with Gasteiger partial charge < -0.3 is 4.74 Å². The molecule has 0 N–H and O–H groups in total. The molecule has 0 bridgehead atoms. The number of hydrogen-bond acceptors (Lipinski definition) is 1. The van der Waals surface area contributed by atoms with Crippen molar-refractivity contribution in [2.75, 3.05) is 0 Å². The van der Waals surface area contributed by atoms with E-state index in [4.69, 9.17) is 0 Å². The largest absolute Gasteiger partial charge is 0.439 e. The van der Waals surface area contributed by atoms with Gasteiger partial charge in [0.1, 0.15) is 0 Å². The summed E-state index contributed by atoms with van der Waals surface area (Å²) in [6.45, 7) is 2.21. The molecule has 0 radical (unpaired) electrons. The van der Waals surface area contributed by atoms with Gasteiger partial charge >= 0.3 is 12.3 Å². The summed E-state index contributed by atoms with van der Waals surface area (Å²) in [5, 5.41) is 0. The summed E-state index contributed by atoms with van der Waals surface area (Å²) in [5.41, 5.74) is 2.41. The van der Waals surface area contributed by atoms with Crippen LogP contribution in [0, 0.1) is 11.7 Å². The molecular formula is C26H27F7O. The highest BCUT2D eigenvalue weighted by Crippen LogP contribution is 2.38. The summed E-state index contributed by atoms with van der Waals surface area (Å²) >= 11 is 0. The molecular weight excluding hydrogens is 461 g/mol. The molecule has 0 aliphatic heterocycles. The average Bonchev–Trinajstić information content (AvgIpc) is 2.79. The highest BCUT2D eigenvalue weighted by molar-refractivity contribution is 5.70. The third-order valence-corrected chi connectivity index (χ3v) is 6.20. The minimum atomic E-state index is -5.84. The number of alkyl halides is 6. The minimum absolute atomic E-state index is 0.277. The summed E-state index contributed by atoms with van der Waals surface area (Å²) in [4.78, 5) is 0. The van der Waals surface area contributed by atoms with Gasteiger partial charge in [0.15, 0.2) is 11.6 Å². The normalized spacial score (nSPS) is 20.5. The fourth-order valence-corrected chi connectivity index (χ4v) is 4.36. The number of ether oxygens (including phenoxy) is 1. The Morgan fingerprint density at radius 1 is 0.912 bits per heavy atom. The van der Waals surface area contributed by atoms with Gasteiger partial charge in [-0.15, -0.1) is 0 Å². The quantitative estimate of drug-likeness (QED) is 0.266. The molecule has 0 spiro atoms. The van der Waals surface area contributed by atoms with E-state index in [1.165, 1.54) is 56.2 Å². The third-order valence-electron chi connectivity index (χ3n) is 6.20. The SMILES string of the molecule is CCCC1CCC(c2ccc(/C=C/c3ccc(OC(F)(F)C(F)C(F)(F)F)c(F)c3)cc2)CC1. The van der Waals surface area contributed by atoms with Crippen molar-refractivity contribution < 1.29 is 35.5 Å². The molecule has 1 aliphatic rings. The van der Waals surface area contributed by atoms with E-state index in [9.17, 15) is 30.7 Å². The second-order valence-corrected chi connectivity index (χ2v) is 8.76. The fourth-order valence-electron chi connectivity index (χ4n) is 4.36. The zero-order valence-electron chi connectivity index (χ0n) is 18.7. The van der Waals surface area contributed by atoms with Gasteiger partial charge in [0.2, 0.25) is 0 Å². The molecule has 1 atom stereocenters. The Labute approximate surface area is 194 Å². The smallest absolute Gasteiger partial charge is 0.427 e. The van der Waals surface area contributed by atoms with E-state index < -0.39 is 30.0 Å². The molecule has 0 amide bonds. The Hall–Kier alpha value is -2.51. The van der Waals surface area contributed by atoms with Crippen LogP contribution in [0.3, 0.4) is 0 Å². The Bertz CT molecular complexity index is 958. The molecule has 1 aliphatic carbocycles. The van der Waals surface area contributed by atoms with Crippen LogP contribution in [0.4, 0.5) is 30.7 Å². The Kier molecular flexibility index (Phi) is 8.31. The van der Waals surface area contributed by atoms with E-state index in [2.05, 4.69) is 23.8 Å². The molecule has 0 saturated heterocycles. The molecule has 8 heteroatoms. The zero-order valence-corrected chi connectivity index (χ0v) is 18.7. The maximum absolute atomic E-state index is 14.1. The summed E-state index contributed by atoms with van der Waals surface area (Å²) in [7, 11) is 0. The monoisotopic (exact) mass is 488 g/mol. The van der Waals surface area contributed by atoms with Crippen molar-refractivity contribution in [2.45, 2.75) is 69.8 Å². The first-order valence-electron chi connectivity index (χ1n) is 11.3. The zero-order chi connectivity index (χ0) is 24.9. The predicted octanol–water partition coefficient (Wildman–Crippen LogP) is 8.94. The van der Waals surface area contributed by atoms with Gasteiger partial charge in [0.25, 0.3) is 6.17 Å². The van der Waals surface area contributed by atoms with Crippen LogP contribution in [-0.2, 0) is 0 Å². The van der Waals surface area contributed by atoms with E-state index >= 15 is 0 Å². The Morgan fingerprint density at radius 2 is 1.50 bits per heavy atom. The molecule has 1 saturated carbocycles. The van der Waals surface area contributed by atoms with Crippen molar-refractivity contribution >= 4 is 12.2 Å². The minimum Gasteiger partial charge on any atom is -0.427 e. The van der Waals surface area contributed by atoms with Gasteiger partial charge in [-0.2, -0.15) is 22.0 Å². The van der Waals surface area contributed by atoms with Gasteiger partial charge in [-0.1, -0.05) is 62.2 Å². The lowest BCUT2D eigenvalue weighted by Crippen LogP contribution is -2.45. The second kappa shape index (κ2) is 10.8. The summed E-state index contributed by atoms with van der Waals surface area (Å²) < 4.78 is 94.1. The van der Waals surface area contributed by atoms with E-state index in [1.54, 1.807) is 6.08 Å². The molecule has 0 aromatic heterocycles. The van der Waals surface area contributed by atoms with Crippen molar-refractivity contribution in [1.29, 1.82) is 0 Å². The lowest BCUT2D eigenvalue weighted by Gasteiger charge is -2.28. The first-order chi connectivity index (χ1) is 16.0. The lowest BCUT2D eigenvalue weighted by atomic mass is 9.77. The van der Waals surface area contributed by atoms with Crippen molar-refractivity contribution in [3.05, 3.63) is 65.0 Å². The lowest BCUT2D eigenvalue weighted by molar-refractivity contribution is -0.305. The number of halogens is 7. The first-order valence-corrected chi connectivity index (χ1v) is 11.3. The van der Waals surface area contributed by atoms with Crippen LogP contribution in [0.15, 0.2) is 42.5 Å². The summed E-state index contributed by atoms with van der Waals surface area (Å²) in [5.74, 6) is -1.13. The molecule has 2 aromatic rings. The van der Waals surface area contributed by atoms with Gasteiger partial charge in [0, 0.05) is 0 Å². The van der Waals surface area contributed by atoms with E-state index in [1.807, 2.05) is 12.1 Å². The first kappa shape index (κ1) is 26.1. The fraction of sp³-hybridized carbons (Fsp3) is 0.462. The van der Waals surface area contributed by atoms with Crippen molar-refractivity contribution in [2.24, 2.45) is 5.92 Å². The molecule has 34 heavy (non-hydrogen) atoms. The molecule has 1 unspecified atom stereocenters. The van der Waals surface area contributed by atoms with Crippen molar-refractivity contribution in [1.82, 2.24) is 0 Å². The summed E-state index contributed by atoms with van der Waals surface area (Å²) in [6.07, 6.45) is -5.07. The highest BCUT2D eigenvalue weighted by Gasteiger charge is 2.59. The number of rotatable bonds is 8. The van der Waals surface area contributed by atoms with Crippen LogP contribution in [-0.4, -0.2) is 18.5 Å². The Morgan fingerprint density at radius 3 is 2.06 bits per heavy atom. The van der Waals surface area contributed by atoms with E-state index in [-0.39, 0.29) is 5.56 Å². The molecule has 0 heterocycles. The molecule has 1 fully saturated rings. The third kappa shape index (κ3) is 6.76. The summed E-state index contributed by atoms with van der Waals surface area (Å²) in [6, 6.07) is 10.8. The number of benzene rings is 2. The van der Waals surface area contributed by atoms with Crippen LogP contribution in [0.1, 0.15) is 68.1 Å². The second-order valence-electron chi connectivity index (χ2n) is 8.76. The maximum atomic E-state index is 14.1.